The van der Waals surface area contributed by atoms with Crippen molar-refractivity contribution < 1.29 is 14.3 Å². The highest BCUT2D eigenvalue weighted by Gasteiger charge is 2.15. The molecule has 2 rings (SSSR count). The van der Waals surface area contributed by atoms with Gasteiger partial charge in [0.15, 0.2) is 11.5 Å². The van der Waals surface area contributed by atoms with Gasteiger partial charge in [-0.2, -0.15) is 0 Å². The molecular formula is C16H16ClNO3. The Morgan fingerprint density at radius 1 is 1.00 bits per heavy atom. The second-order valence-corrected chi connectivity index (χ2v) is 4.85. The number of anilines is 1. The molecule has 0 bridgehead atoms. The van der Waals surface area contributed by atoms with Crippen LogP contribution in [0.2, 0.25) is 5.02 Å². The molecule has 0 saturated carbocycles. The standard InChI is InChI=1S/C16H16ClNO3/c1-18(16(19)11-4-6-12(17)7-5-11)13-8-9-14(20-2)15(10-13)21-3/h4-10H,1-3H3. The van der Waals surface area contributed by atoms with Gasteiger partial charge in [0.05, 0.1) is 14.2 Å². The van der Waals surface area contributed by atoms with Crippen LogP contribution in [-0.2, 0) is 0 Å². The smallest absolute Gasteiger partial charge is 0.258 e. The highest BCUT2D eigenvalue weighted by atomic mass is 35.5. The lowest BCUT2D eigenvalue weighted by molar-refractivity contribution is 0.0993. The minimum absolute atomic E-state index is 0.126. The third kappa shape index (κ3) is 3.28. The first-order chi connectivity index (χ1) is 10.1. The molecule has 5 heteroatoms. The molecule has 0 atom stereocenters. The highest BCUT2D eigenvalue weighted by Crippen LogP contribution is 2.31. The van der Waals surface area contributed by atoms with Crippen LogP contribution in [0, 0.1) is 0 Å². The van der Waals surface area contributed by atoms with Crippen molar-refractivity contribution in [1.82, 2.24) is 0 Å². The van der Waals surface area contributed by atoms with E-state index in [0.717, 1.165) is 0 Å². The lowest BCUT2D eigenvalue weighted by atomic mass is 10.2. The van der Waals surface area contributed by atoms with Gasteiger partial charge in [-0.1, -0.05) is 11.6 Å². The lowest BCUT2D eigenvalue weighted by Crippen LogP contribution is -2.26. The van der Waals surface area contributed by atoms with E-state index in [0.29, 0.717) is 27.8 Å². The predicted octanol–water partition coefficient (Wildman–Crippen LogP) is 3.63. The zero-order valence-corrected chi connectivity index (χ0v) is 12.8. The van der Waals surface area contributed by atoms with Gasteiger partial charge in [0.25, 0.3) is 5.91 Å². The van der Waals surface area contributed by atoms with Crippen molar-refractivity contribution in [2.45, 2.75) is 0 Å². The molecule has 0 fully saturated rings. The average molecular weight is 306 g/mol. The van der Waals surface area contributed by atoms with Gasteiger partial charge in [-0.05, 0) is 36.4 Å². The summed E-state index contributed by atoms with van der Waals surface area (Å²) in [7, 11) is 4.83. The molecular weight excluding hydrogens is 290 g/mol. The van der Waals surface area contributed by atoms with E-state index < -0.39 is 0 Å². The van der Waals surface area contributed by atoms with E-state index in [1.807, 2.05) is 0 Å². The Kier molecular flexibility index (Phi) is 4.70. The Bertz CT molecular complexity index is 640. The van der Waals surface area contributed by atoms with Gasteiger partial charge < -0.3 is 14.4 Å². The van der Waals surface area contributed by atoms with Gasteiger partial charge in [-0.15, -0.1) is 0 Å². The molecule has 0 aromatic heterocycles. The number of nitrogens with zero attached hydrogens (tertiary/aromatic N) is 1. The van der Waals surface area contributed by atoms with E-state index in [1.54, 1.807) is 68.6 Å². The molecule has 110 valence electrons. The number of halogens is 1. The zero-order valence-electron chi connectivity index (χ0n) is 12.1. The molecule has 0 radical (unpaired) electrons. The van der Waals surface area contributed by atoms with Crippen LogP contribution in [0.1, 0.15) is 10.4 Å². The van der Waals surface area contributed by atoms with Crippen molar-refractivity contribution in [2.24, 2.45) is 0 Å². The van der Waals surface area contributed by atoms with Crippen molar-refractivity contribution in [2.75, 3.05) is 26.2 Å². The summed E-state index contributed by atoms with van der Waals surface area (Å²) in [6, 6.07) is 12.1. The van der Waals surface area contributed by atoms with Crippen LogP contribution in [0.5, 0.6) is 11.5 Å². The zero-order chi connectivity index (χ0) is 15.4. The van der Waals surface area contributed by atoms with Crippen LogP contribution >= 0.6 is 11.6 Å². The molecule has 0 aliphatic carbocycles. The Balaban J connectivity index is 2.28. The summed E-state index contributed by atoms with van der Waals surface area (Å²) in [4.78, 5) is 14.0. The van der Waals surface area contributed by atoms with Gasteiger partial charge in [-0.25, -0.2) is 0 Å². The highest BCUT2D eigenvalue weighted by molar-refractivity contribution is 6.30. The minimum atomic E-state index is -0.126. The van der Waals surface area contributed by atoms with Crippen LogP contribution in [0.3, 0.4) is 0 Å². The fraction of sp³-hybridized carbons (Fsp3) is 0.188. The molecule has 0 saturated heterocycles. The molecule has 2 aromatic carbocycles. The summed E-state index contributed by atoms with van der Waals surface area (Å²) in [5.41, 5.74) is 1.28. The number of carbonyl (C=O) groups excluding carboxylic acids is 1. The van der Waals surface area contributed by atoms with E-state index in [4.69, 9.17) is 21.1 Å². The van der Waals surface area contributed by atoms with Crippen molar-refractivity contribution in [3.8, 4) is 11.5 Å². The average Bonchev–Trinajstić information content (AvgIpc) is 2.53. The van der Waals surface area contributed by atoms with Gasteiger partial charge in [0.2, 0.25) is 0 Å². The van der Waals surface area contributed by atoms with E-state index in [1.165, 1.54) is 0 Å². The van der Waals surface area contributed by atoms with Crippen LogP contribution in [-0.4, -0.2) is 27.2 Å². The summed E-state index contributed by atoms with van der Waals surface area (Å²) < 4.78 is 10.4. The summed E-state index contributed by atoms with van der Waals surface area (Å²) in [5, 5.41) is 0.598. The monoisotopic (exact) mass is 305 g/mol. The van der Waals surface area contributed by atoms with Crippen LogP contribution < -0.4 is 14.4 Å². The summed E-state index contributed by atoms with van der Waals surface area (Å²) in [5.74, 6) is 1.07. The minimum Gasteiger partial charge on any atom is -0.493 e. The van der Waals surface area contributed by atoms with Gasteiger partial charge in [0, 0.05) is 29.4 Å². The van der Waals surface area contributed by atoms with Gasteiger partial charge in [0.1, 0.15) is 0 Å². The maximum atomic E-state index is 12.4. The topological polar surface area (TPSA) is 38.8 Å². The first-order valence-corrected chi connectivity index (χ1v) is 6.70. The van der Waals surface area contributed by atoms with E-state index in [-0.39, 0.29) is 5.91 Å². The van der Waals surface area contributed by atoms with Gasteiger partial charge >= 0.3 is 0 Å². The third-order valence-electron chi connectivity index (χ3n) is 3.15. The largest absolute Gasteiger partial charge is 0.493 e. The molecule has 0 spiro atoms. The Morgan fingerprint density at radius 2 is 1.62 bits per heavy atom. The van der Waals surface area contributed by atoms with Gasteiger partial charge in [-0.3, -0.25) is 4.79 Å². The fourth-order valence-corrected chi connectivity index (χ4v) is 2.06. The van der Waals surface area contributed by atoms with Crippen LogP contribution in [0.25, 0.3) is 0 Å². The molecule has 2 aromatic rings. The predicted molar refractivity (Wildman–Crippen MR) is 83.7 cm³/mol. The molecule has 0 aliphatic rings. The number of amides is 1. The van der Waals surface area contributed by atoms with E-state index in [9.17, 15) is 4.79 Å². The number of benzene rings is 2. The second kappa shape index (κ2) is 6.50. The molecule has 0 unspecified atom stereocenters. The second-order valence-electron chi connectivity index (χ2n) is 4.41. The Morgan fingerprint density at radius 3 is 2.19 bits per heavy atom. The number of rotatable bonds is 4. The normalized spacial score (nSPS) is 10.1. The molecule has 4 nitrogen and oxygen atoms in total. The molecule has 21 heavy (non-hydrogen) atoms. The van der Waals surface area contributed by atoms with Crippen molar-refractivity contribution in [3.63, 3.8) is 0 Å². The number of hydrogen-bond acceptors (Lipinski definition) is 3. The maximum absolute atomic E-state index is 12.4. The Hall–Kier alpha value is -2.20. The van der Waals surface area contributed by atoms with Crippen LogP contribution in [0.15, 0.2) is 42.5 Å². The fourth-order valence-electron chi connectivity index (χ4n) is 1.94. The summed E-state index contributed by atoms with van der Waals surface area (Å²) >= 11 is 5.83. The van der Waals surface area contributed by atoms with E-state index >= 15 is 0 Å². The number of carbonyl (C=O) groups is 1. The first-order valence-electron chi connectivity index (χ1n) is 6.32. The summed E-state index contributed by atoms with van der Waals surface area (Å²) in [6.07, 6.45) is 0. The van der Waals surface area contributed by atoms with E-state index in [2.05, 4.69) is 0 Å². The molecule has 0 N–H and O–H groups in total. The molecule has 0 heterocycles. The third-order valence-corrected chi connectivity index (χ3v) is 3.40. The first kappa shape index (κ1) is 15.2. The molecule has 1 amide bonds. The quantitative estimate of drug-likeness (QED) is 0.866. The number of ether oxygens (including phenoxy) is 2. The molecule has 0 aliphatic heterocycles. The summed E-state index contributed by atoms with van der Waals surface area (Å²) in [6.45, 7) is 0. The number of hydrogen-bond donors (Lipinski definition) is 0. The van der Waals surface area contributed by atoms with Crippen molar-refractivity contribution in [1.29, 1.82) is 0 Å². The Labute approximate surface area is 128 Å². The SMILES string of the molecule is COc1ccc(N(C)C(=O)c2ccc(Cl)cc2)cc1OC. The van der Waals surface area contributed by atoms with Crippen LogP contribution in [0.4, 0.5) is 5.69 Å². The van der Waals surface area contributed by atoms with Crippen molar-refractivity contribution in [3.05, 3.63) is 53.1 Å². The van der Waals surface area contributed by atoms with Crippen molar-refractivity contribution >= 4 is 23.2 Å². The number of methoxy groups -OCH3 is 2. The maximum Gasteiger partial charge on any atom is 0.258 e. The lowest BCUT2D eigenvalue weighted by Gasteiger charge is -2.19.